The Morgan fingerprint density at radius 2 is 0.893 bits per heavy atom. The summed E-state index contributed by atoms with van der Waals surface area (Å²) in [6.45, 7) is 12.5. The molecule has 6 rings (SSSR count). The van der Waals surface area contributed by atoms with Gasteiger partial charge in [-0.3, -0.25) is 9.59 Å². The van der Waals surface area contributed by atoms with Gasteiger partial charge in [0, 0.05) is 47.0 Å². The molecule has 0 unspecified atom stereocenters. The van der Waals surface area contributed by atoms with E-state index in [-0.39, 0.29) is 11.8 Å². The summed E-state index contributed by atoms with van der Waals surface area (Å²) in [7, 11) is 1.43. The number of esters is 1. The van der Waals surface area contributed by atoms with E-state index in [2.05, 4.69) is 173 Å². The van der Waals surface area contributed by atoms with Crippen molar-refractivity contribution in [2.45, 2.75) is 67.2 Å². The summed E-state index contributed by atoms with van der Waals surface area (Å²) in [5.41, 5.74) is 18.1. The Morgan fingerprint density at radius 3 is 1.27 bits per heavy atom. The Balaban J connectivity index is 1.34. The van der Waals surface area contributed by atoms with Crippen LogP contribution in [-0.2, 0) is 27.2 Å². The minimum absolute atomic E-state index is 0.148. The van der Waals surface area contributed by atoms with Crippen molar-refractivity contribution in [1.82, 2.24) is 0 Å². The highest BCUT2D eigenvalue weighted by atomic mass is 16.5. The lowest BCUT2D eigenvalue weighted by molar-refractivity contribution is -0.140. The lowest BCUT2D eigenvalue weighted by atomic mass is 9.98. The Labute approximate surface area is 332 Å². The molecular formula is C50H52N2O4. The number of methoxy groups -OCH3 is 1. The highest BCUT2D eigenvalue weighted by Gasteiger charge is 2.19. The summed E-state index contributed by atoms with van der Waals surface area (Å²) < 4.78 is 4.85. The van der Waals surface area contributed by atoms with E-state index in [1.54, 1.807) is 0 Å². The second-order valence-corrected chi connectivity index (χ2v) is 14.8. The lowest BCUT2D eigenvalue weighted by Crippen LogP contribution is -2.12. The average Bonchev–Trinajstić information content (AvgIpc) is 3.20. The first kappa shape index (κ1) is 39.7. The monoisotopic (exact) mass is 744 g/mol. The van der Waals surface area contributed by atoms with Crippen LogP contribution in [0.4, 0.5) is 34.1 Å². The fourth-order valence-electron chi connectivity index (χ4n) is 7.09. The molecule has 0 fully saturated rings. The number of hydrogen-bond donors (Lipinski definition) is 1. The molecule has 1 N–H and O–H groups in total. The van der Waals surface area contributed by atoms with E-state index in [9.17, 15) is 9.59 Å². The molecule has 56 heavy (non-hydrogen) atoms. The van der Waals surface area contributed by atoms with Crippen molar-refractivity contribution in [3.63, 3.8) is 0 Å². The predicted molar refractivity (Wildman–Crippen MR) is 230 cm³/mol. The first-order chi connectivity index (χ1) is 26.9. The van der Waals surface area contributed by atoms with Crippen LogP contribution in [0.1, 0.15) is 57.3 Å². The molecule has 6 aromatic rings. The highest BCUT2D eigenvalue weighted by molar-refractivity contribution is 5.84. The van der Waals surface area contributed by atoms with Crippen molar-refractivity contribution in [1.29, 1.82) is 0 Å². The van der Waals surface area contributed by atoms with Gasteiger partial charge >= 0.3 is 5.97 Å². The van der Waals surface area contributed by atoms with Crippen LogP contribution in [-0.4, -0.2) is 30.6 Å². The van der Waals surface area contributed by atoms with Crippen LogP contribution in [0.5, 0.6) is 0 Å². The van der Waals surface area contributed by atoms with Gasteiger partial charge in [0.2, 0.25) is 0 Å². The number of carbonyl (C=O) groups is 2. The molecule has 0 aliphatic rings. The number of aliphatic hydroxyl groups excluding tert-OH is 1. The summed E-state index contributed by atoms with van der Waals surface area (Å²) in [6, 6.07) is 43.3. The fourth-order valence-corrected chi connectivity index (χ4v) is 7.09. The maximum Gasteiger partial charge on any atom is 0.305 e. The normalized spacial score (nSPS) is 11.0. The van der Waals surface area contributed by atoms with Gasteiger partial charge in [-0.1, -0.05) is 48.5 Å². The summed E-state index contributed by atoms with van der Waals surface area (Å²) in [6.07, 6.45) is 1.91. The Bertz CT molecular complexity index is 2180. The van der Waals surface area contributed by atoms with E-state index in [1.165, 1.54) is 29.4 Å². The van der Waals surface area contributed by atoms with E-state index in [0.717, 1.165) is 67.5 Å². The number of ether oxygens (including phenoxy) is 1. The van der Waals surface area contributed by atoms with Crippen LogP contribution in [0.3, 0.4) is 0 Å². The van der Waals surface area contributed by atoms with Crippen LogP contribution in [0.2, 0.25) is 0 Å². The maximum atomic E-state index is 11.8. The zero-order valence-electron chi connectivity index (χ0n) is 33.6. The zero-order chi connectivity index (χ0) is 39.9. The number of ketones is 1. The second kappa shape index (κ2) is 17.7. The molecule has 0 saturated carbocycles. The highest BCUT2D eigenvalue weighted by Crippen LogP contribution is 2.41. The number of Topliss-reactive ketones (excluding diaryl/α,β-unsaturated/α-hetero) is 1. The number of aliphatic hydroxyl groups is 1. The molecule has 6 nitrogen and oxygen atoms in total. The van der Waals surface area contributed by atoms with Crippen molar-refractivity contribution < 1.29 is 19.4 Å². The van der Waals surface area contributed by atoms with Crippen molar-refractivity contribution in [3.05, 3.63) is 166 Å². The minimum atomic E-state index is -0.417. The van der Waals surface area contributed by atoms with Gasteiger partial charge in [-0.05, 0) is 183 Å². The molecule has 0 aliphatic carbocycles. The standard InChI is InChI=1S/C50H52N2O4/c1-33-8-18-45(30-35(33)3)51(43-20-10-39(11-21-43)14-24-47(54)32-53)48-25-16-41(28-37(48)5)42-17-26-49(38(6)29-42)52(46-19-9-34(2)36(4)31-46)44-22-12-40(13-23-44)15-27-50(55)56-7/h8-13,16-23,25-26,28-31,53H,14-15,24,27,32H2,1-7H3. The molecule has 0 heterocycles. The molecule has 0 radical (unpaired) electrons. The third-order valence-electron chi connectivity index (χ3n) is 10.8. The molecule has 6 heteroatoms. The van der Waals surface area contributed by atoms with E-state index >= 15 is 0 Å². The van der Waals surface area contributed by atoms with Crippen LogP contribution in [0.15, 0.2) is 121 Å². The van der Waals surface area contributed by atoms with Gasteiger partial charge < -0.3 is 19.6 Å². The van der Waals surface area contributed by atoms with E-state index in [4.69, 9.17) is 9.84 Å². The topological polar surface area (TPSA) is 70.1 Å². The molecule has 0 aromatic heterocycles. The van der Waals surface area contributed by atoms with Crippen LogP contribution in [0, 0.1) is 41.5 Å². The Morgan fingerprint density at radius 1 is 0.482 bits per heavy atom. The van der Waals surface area contributed by atoms with Crippen molar-refractivity contribution in [2.24, 2.45) is 0 Å². The van der Waals surface area contributed by atoms with Gasteiger partial charge in [0.15, 0.2) is 5.78 Å². The van der Waals surface area contributed by atoms with Crippen LogP contribution < -0.4 is 9.80 Å². The molecular weight excluding hydrogens is 693 g/mol. The Kier molecular flexibility index (Phi) is 12.5. The molecule has 6 aromatic carbocycles. The fraction of sp³-hybridized carbons (Fsp3) is 0.240. The van der Waals surface area contributed by atoms with E-state index < -0.39 is 6.61 Å². The number of benzene rings is 6. The van der Waals surface area contributed by atoms with Gasteiger partial charge in [-0.2, -0.15) is 0 Å². The quantitative estimate of drug-likeness (QED) is 0.112. The number of nitrogens with zero attached hydrogens (tertiary/aromatic N) is 2. The number of rotatable bonds is 14. The largest absolute Gasteiger partial charge is 0.469 e. The molecule has 286 valence electrons. The molecule has 0 saturated heterocycles. The van der Waals surface area contributed by atoms with Crippen molar-refractivity contribution >= 4 is 45.9 Å². The van der Waals surface area contributed by atoms with Crippen molar-refractivity contribution in [2.75, 3.05) is 23.5 Å². The van der Waals surface area contributed by atoms with Crippen LogP contribution >= 0.6 is 0 Å². The summed E-state index contributed by atoms with van der Waals surface area (Å²) in [4.78, 5) is 28.1. The molecule has 0 aliphatic heterocycles. The molecule has 0 bridgehead atoms. The molecule has 0 amide bonds. The zero-order valence-corrected chi connectivity index (χ0v) is 33.6. The van der Waals surface area contributed by atoms with Gasteiger partial charge in [0.1, 0.15) is 6.61 Å². The average molecular weight is 745 g/mol. The lowest BCUT2D eigenvalue weighted by Gasteiger charge is -2.29. The number of carbonyl (C=O) groups excluding carboxylic acids is 2. The summed E-state index contributed by atoms with van der Waals surface area (Å²) >= 11 is 0. The Hall–Kier alpha value is -5.98. The number of hydrogen-bond acceptors (Lipinski definition) is 6. The van der Waals surface area contributed by atoms with E-state index in [0.29, 0.717) is 25.7 Å². The first-order valence-electron chi connectivity index (χ1n) is 19.3. The number of anilines is 6. The van der Waals surface area contributed by atoms with Crippen LogP contribution in [0.25, 0.3) is 11.1 Å². The third-order valence-corrected chi connectivity index (χ3v) is 10.8. The second-order valence-electron chi connectivity index (χ2n) is 14.8. The summed E-state index contributed by atoms with van der Waals surface area (Å²) in [5, 5.41) is 9.16. The van der Waals surface area contributed by atoms with Gasteiger partial charge in [-0.25, -0.2) is 0 Å². The van der Waals surface area contributed by atoms with Crippen molar-refractivity contribution in [3.8, 4) is 11.1 Å². The smallest absolute Gasteiger partial charge is 0.305 e. The molecule has 0 atom stereocenters. The van der Waals surface area contributed by atoms with Gasteiger partial charge in [-0.15, -0.1) is 0 Å². The number of aryl methyl sites for hydroxylation is 8. The van der Waals surface area contributed by atoms with E-state index in [1.807, 2.05) is 0 Å². The maximum absolute atomic E-state index is 11.8. The first-order valence-corrected chi connectivity index (χ1v) is 19.3. The molecule has 0 spiro atoms. The predicted octanol–water partition coefficient (Wildman–Crippen LogP) is 11.7. The third kappa shape index (κ3) is 9.10. The van der Waals surface area contributed by atoms with Gasteiger partial charge in [0.25, 0.3) is 0 Å². The summed E-state index contributed by atoms with van der Waals surface area (Å²) in [5.74, 6) is -0.355. The minimum Gasteiger partial charge on any atom is -0.469 e. The van der Waals surface area contributed by atoms with Gasteiger partial charge in [0.05, 0.1) is 7.11 Å². The SMILES string of the molecule is COC(=O)CCc1ccc(N(c2ccc(C)c(C)c2)c2ccc(-c3ccc(N(c4ccc(CCC(=O)CO)cc4)c4ccc(C)c(C)c4)c(C)c3)cc2C)cc1.